The molecule has 0 heterocycles. The Morgan fingerprint density at radius 1 is 0.708 bits per heavy atom. The van der Waals surface area contributed by atoms with Gasteiger partial charge in [0.1, 0.15) is 23.2 Å². The zero-order valence-electron chi connectivity index (χ0n) is 14.0. The fourth-order valence-electron chi connectivity index (χ4n) is 3.27. The van der Waals surface area contributed by atoms with Crippen LogP contribution in [-0.2, 0) is 0 Å². The van der Waals surface area contributed by atoms with E-state index in [0.717, 1.165) is 6.16 Å². The van der Waals surface area contributed by atoms with Gasteiger partial charge >= 0.3 is 0 Å². The van der Waals surface area contributed by atoms with Crippen LogP contribution in [0, 0.1) is 0 Å². The fourth-order valence-corrected chi connectivity index (χ4v) is 8.58. The lowest BCUT2D eigenvalue weighted by atomic mass is 10.3. The third-order valence-corrected chi connectivity index (χ3v) is 9.83. The maximum atomic E-state index is 2.34. The topological polar surface area (TPSA) is 0 Å². The molecule has 3 heteroatoms. The van der Waals surface area contributed by atoms with Crippen LogP contribution in [0.25, 0.3) is 0 Å². The van der Waals surface area contributed by atoms with Gasteiger partial charge in [-0.2, -0.15) is 0 Å². The van der Waals surface area contributed by atoms with Crippen LogP contribution in [0.2, 0.25) is 0 Å². The first-order valence-corrected chi connectivity index (χ1v) is 11.2. The summed E-state index contributed by atoms with van der Waals surface area (Å²) in [6.07, 6.45) is 3.32. The minimum atomic E-state index is -1.61. The molecule has 3 aromatic carbocycles. The third kappa shape index (κ3) is 3.47. The largest absolute Gasteiger partial charge is 1.00 e. The monoisotopic (exact) mass is 416 g/mol. The Morgan fingerprint density at radius 3 is 1.62 bits per heavy atom. The van der Waals surface area contributed by atoms with Crippen LogP contribution in [0.15, 0.2) is 89.8 Å². The molecule has 0 aromatic heterocycles. The molecule has 0 aliphatic heterocycles. The SMILES string of the molecule is CC[P+](c1ccccc1)(c1ccccc1)c1ccccc1SC.[Br-]. The molecule has 0 amide bonds. The fraction of sp³-hybridized carbons (Fsp3) is 0.143. The van der Waals surface area contributed by atoms with Gasteiger partial charge in [-0.05, 0) is 49.6 Å². The minimum Gasteiger partial charge on any atom is -1.00 e. The predicted molar refractivity (Wildman–Crippen MR) is 107 cm³/mol. The summed E-state index contributed by atoms with van der Waals surface area (Å²) in [6, 6.07) is 31.1. The number of thioether (sulfide) groups is 1. The van der Waals surface area contributed by atoms with Gasteiger partial charge in [-0.1, -0.05) is 48.5 Å². The molecule has 3 rings (SSSR count). The summed E-state index contributed by atoms with van der Waals surface area (Å²) in [5.41, 5.74) is 0. The standard InChI is InChI=1S/C21H22PS.BrH/c1-3-22(18-12-6-4-7-13-18,19-14-8-5-9-15-19)20-16-10-11-17-21(20)23-2;/h4-17H,3H2,1-2H3;1H/q+1;/p-1. The van der Waals surface area contributed by atoms with Gasteiger partial charge in [-0.25, -0.2) is 0 Å². The summed E-state index contributed by atoms with van der Waals surface area (Å²) in [5.74, 6) is 0. The molecule has 0 saturated heterocycles. The van der Waals surface area contributed by atoms with Crippen molar-refractivity contribution in [1.29, 1.82) is 0 Å². The summed E-state index contributed by atoms with van der Waals surface area (Å²) in [5, 5.41) is 4.44. The van der Waals surface area contributed by atoms with E-state index in [9.17, 15) is 0 Å². The Kier molecular flexibility index (Phi) is 7.10. The van der Waals surface area contributed by atoms with Crippen molar-refractivity contribution in [3.05, 3.63) is 84.9 Å². The van der Waals surface area contributed by atoms with E-state index < -0.39 is 7.26 Å². The van der Waals surface area contributed by atoms with Crippen LogP contribution in [0.4, 0.5) is 0 Å². The highest BCUT2D eigenvalue weighted by Gasteiger charge is 2.44. The van der Waals surface area contributed by atoms with Gasteiger partial charge < -0.3 is 17.0 Å². The lowest BCUT2D eigenvalue weighted by Crippen LogP contribution is -3.00. The second-order valence-corrected chi connectivity index (χ2v) is 10.1. The normalized spacial score (nSPS) is 10.9. The van der Waals surface area contributed by atoms with E-state index in [2.05, 4.69) is 98.1 Å². The molecule has 3 aromatic rings. The minimum absolute atomic E-state index is 0. The number of halogens is 1. The Labute approximate surface area is 160 Å². The van der Waals surface area contributed by atoms with E-state index in [1.807, 2.05) is 11.8 Å². The molecule has 0 N–H and O–H groups in total. The number of hydrogen-bond acceptors (Lipinski definition) is 1. The van der Waals surface area contributed by atoms with Gasteiger partial charge in [-0.15, -0.1) is 11.8 Å². The molecule has 0 atom stereocenters. The molecule has 0 saturated carbocycles. The van der Waals surface area contributed by atoms with Gasteiger partial charge in [0.05, 0.1) is 11.1 Å². The summed E-state index contributed by atoms with van der Waals surface area (Å²) in [4.78, 5) is 1.40. The van der Waals surface area contributed by atoms with Crippen molar-refractivity contribution in [1.82, 2.24) is 0 Å². The first-order chi connectivity index (χ1) is 11.3. The Hall–Kier alpha value is -1.08. The van der Waals surface area contributed by atoms with E-state index in [1.165, 1.54) is 20.8 Å². The lowest BCUT2D eigenvalue weighted by molar-refractivity contribution is -0.00000451. The Balaban J connectivity index is 0.00000208. The smallest absolute Gasteiger partial charge is 0.118 e. The first kappa shape index (κ1) is 19.2. The quantitative estimate of drug-likeness (QED) is 0.450. The van der Waals surface area contributed by atoms with Gasteiger partial charge in [-0.3, -0.25) is 0 Å². The molecule has 0 spiro atoms. The Bertz CT molecular complexity index is 720. The maximum Gasteiger partial charge on any atom is 0.118 e. The third-order valence-electron chi connectivity index (χ3n) is 4.36. The zero-order valence-corrected chi connectivity index (χ0v) is 17.3. The molecule has 0 bridgehead atoms. The lowest BCUT2D eigenvalue weighted by Gasteiger charge is -2.27. The molecule has 0 unspecified atom stereocenters. The number of hydrogen-bond donors (Lipinski definition) is 0. The van der Waals surface area contributed by atoms with Gasteiger partial charge in [0, 0.05) is 0 Å². The molecule has 24 heavy (non-hydrogen) atoms. The summed E-state index contributed by atoms with van der Waals surface area (Å²) < 4.78 is 0. The summed E-state index contributed by atoms with van der Waals surface area (Å²) >= 11 is 1.85. The number of rotatable bonds is 5. The molecule has 0 aliphatic carbocycles. The van der Waals surface area contributed by atoms with Crippen molar-refractivity contribution < 1.29 is 17.0 Å². The highest BCUT2D eigenvalue weighted by Crippen LogP contribution is 2.56. The van der Waals surface area contributed by atoms with E-state index in [4.69, 9.17) is 0 Å². The van der Waals surface area contributed by atoms with Crippen molar-refractivity contribution >= 4 is 34.9 Å². The second kappa shape index (κ2) is 8.85. The van der Waals surface area contributed by atoms with Crippen LogP contribution in [-0.4, -0.2) is 12.4 Å². The summed E-state index contributed by atoms with van der Waals surface area (Å²) in [6.45, 7) is 2.34. The average Bonchev–Trinajstić information content (AvgIpc) is 2.65. The van der Waals surface area contributed by atoms with Crippen molar-refractivity contribution in [2.45, 2.75) is 11.8 Å². The molecule has 124 valence electrons. The molecule has 0 radical (unpaired) electrons. The van der Waals surface area contributed by atoms with E-state index in [1.54, 1.807) is 0 Å². The summed E-state index contributed by atoms with van der Waals surface area (Å²) in [7, 11) is -1.61. The van der Waals surface area contributed by atoms with E-state index in [0.29, 0.717) is 0 Å². The maximum absolute atomic E-state index is 2.34. The van der Waals surface area contributed by atoms with Crippen molar-refractivity contribution in [2.24, 2.45) is 0 Å². The molecular formula is C21H22BrPS. The van der Waals surface area contributed by atoms with E-state index >= 15 is 0 Å². The van der Waals surface area contributed by atoms with E-state index in [-0.39, 0.29) is 17.0 Å². The van der Waals surface area contributed by atoms with Crippen LogP contribution in [0.3, 0.4) is 0 Å². The molecule has 0 fully saturated rings. The van der Waals surface area contributed by atoms with Crippen LogP contribution >= 0.6 is 19.0 Å². The Morgan fingerprint density at radius 2 is 1.17 bits per heavy atom. The van der Waals surface area contributed by atoms with Crippen molar-refractivity contribution in [3.63, 3.8) is 0 Å². The first-order valence-electron chi connectivity index (χ1n) is 7.96. The van der Waals surface area contributed by atoms with Crippen LogP contribution in [0.1, 0.15) is 6.92 Å². The second-order valence-electron chi connectivity index (χ2n) is 5.47. The van der Waals surface area contributed by atoms with Crippen molar-refractivity contribution in [3.8, 4) is 0 Å². The van der Waals surface area contributed by atoms with Gasteiger partial charge in [0.25, 0.3) is 0 Å². The van der Waals surface area contributed by atoms with Gasteiger partial charge in [0.2, 0.25) is 0 Å². The highest BCUT2D eigenvalue weighted by molar-refractivity contribution is 8.01. The number of benzene rings is 3. The molecular weight excluding hydrogens is 395 g/mol. The molecule has 0 aliphatic rings. The predicted octanol–water partition coefficient (Wildman–Crippen LogP) is 1.73. The molecule has 0 nitrogen and oxygen atoms in total. The zero-order chi connectivity index (χ0) is 16.1. The highest BCUT2D eigenvalue weighted by atomic mass is 79.9. The average molecular weight is 417 g/mol. The van der Waals surface area contributed by atoms with Crippen LogP contribution < -0.4 is 32.9 Å². The van der Waals surface area contributed by atoms with Crippen LogP contribution in [0.5, 0.6) is 0 Å². The van der Waals surface area contributed by atoms with Crippen molar-refractivity contribution in [2.75, 3.05) is 12.4 Å². The van der Waals surface area contributed by atoms with Gasteiger partial charge in [0.15, 0.2) is 0 Å².